The van der Waals surface area contributed by atoms with Gasteiger partial charge in [0.15, 0.2) is 5.78 Å². The molecule has 0 fully saturated rings. The van der Waals surface area contributed by atoms with E-state index in [1.165, 1.54) is 12.1 Å². The summed E-state index contributed by atoms with van der Waals surface area (Å²) >= 11 is 0. The van der Waals surface area contributed by atoms with Crippen LogP contribution in [0.2, 0.25) is 0 Å². The number of allylic oxidation sites excluding steroid dienone is 1. The predicted octanol–water partition coefficient (Wildman–Crippen LogP) is 5.19. The Hall–Kier alpha value is -2.69. The monoisotopic (exact) mass is 354 g/mol. The van der Waals surface area contributed by atoms with E-state index in [9.17, 15) is 13.6 Å². The predicted molar refractivity (Wildman–Crippen MR) is 97.8 cm³/mol. The van der Waals surface area contributed by atoms with E-state index >= 15 is 0 Å². The maximum Gasteiger partial charge on any atom is 0.163 e. The number of benzene rings is 2. The summed E-state index contributed by atoms with van der Waals surface area (Å²) in [7, 11) is 0. The molecule has 2 aromatic carbocycles. The lowest BCUT2D eigenvalue weighted by atomic mass is 9.73. The molecule has 2 aromatic rings. The second-order valence-electron chi connectivity index (χ2n) is 7.75. The number of carbonyl (C=O) groups excluding carboxylic acids is 1. The smallest absolute Gasteiger partial charge is 0.163 e. The quantitative estimate of drug-likeness (QED) is 0.741. The van der Waals surface area contributed by atoms with E-state index < -0.39 is 17.7 Å². The van der Waals surface area contributed by atoms with Crippen molar-refractivity contribution in [1.82, 2.24) is 0 Å². The van der Waals surface area contributed by atoms with Crippen LogP contribution in [0.4, 0.5) is 20.2 Å². The van der Waals surface area contributed by atoms with Crippen LogP contribution in [-0.4, -0.2) is 5.78 Å². The van der Waals surface area contributed by atoms with Crippen molar-refractivity contribution in [1.29, 1.82) is 0 Å². The SMILES string of the molecule is CC1(C)CC(=O)C2=C(C1)Nc1ccccc1NC2c1ccc(F)cc1F. The van der Waals surface area contributed by atoms with Gasteiger partial charge in [-0.1, -0.05) is 32.0 Å². The maximum absolute atomic E-state index is 14.5. The highest BCUT2D eigenvalue weighted by Crippen LogP contribution is 2.45. The third kappa shape index (κ3) is 2.87. The summed E-state index contributed by atoms with van der Waals surface area (Å²) in [5, 5.41) is 6.67. The molecule has 4 rings (SSSR count). The molecule has 0 radical (unpaired) electrons. The molecule has 3 nitrogen and oxygen atoms in total. The molecule has 0 bridgehead atoms. The van der Waals surface area contributed by atoms with Crippen LogP contribution in [0.15, 0.2) is 53.7 Å². The summed E-state index contributed by atoms with van der Waals surface area (Å²) in [6, 6.07) is 10.4. The number of para-hydroxylation sites is 2. The number of anilines is 2. The van der Waals surface area contributed by atoms with E-state index in [0.717, 1.165) is 23.1 Å². The van der Waals surface area contributed by atoms with Crippen LogP contribution in [-0.2, 0) is 4.79 Å². The van der Waals surface area contributed by atoms with Crippen LogP contribution in [0.5, 0.6) is 0 Å². The number of nitrogens with one attached hydrogen (secondary N) is 2. The van der Waals surface area contributed by atoms with E-state index in [2.05, 4.69) is 10.6 Å². The molecule has 0 aromatic heterocycles. The van der Waals surface area contributed by atoms with Crippen LogP contribution in [0.25, 0.3) is 0 Å². The Bertz CT molecular complexity index is 933. The van der Waals surface area contributed by atoms with Crippen LogP contribution >= 0.6 is 0 Å². The maximum atomic E-state index is 14.5. The van der Waals surface area contributed by atoms with Gasteiger partial charge in [0.05, 0.1) is 17.4 Å². The molecular formula is C21H20F2N2O. The minimum absolute atomic E-state index is 0.0159. The molecule has 0 amide bonds. The number of halogens is 2. The van der Waals surface area contributed by atoms with Crippen LogP contribution in [0.3, 0.4) is 0 Å². The van der Waals surface area contributed by atoms with Gasteiger partial charge in [0.1, 0.15) is 11.6 Å². The molecule has 2 aliphatic rings. The summed E-state index contributed by atoms with van der Waals surface area (Å²) in [4.78, 5) is 13.0. The lowest BCUT2D eigenvalue weighted by molar-refractivity contribution is -0.118. The van der Waals surface area contributed by atoms with Gasteiger partial charge in [-0.15, -0.1) is 0 Å². The summed E-state index contributed by atoms with van der Waals surface area (Å²) in [6.07, 6.45) is 1.08. The van der Waals surface area contributed by atoms with Crippen molar-refractivity contribution in [2.75, 3.05) is 10.6 Å². The Balaban J connectivity index is 1.91. The van der Waals surface area contributed by atoms with Crippen molar-refractivity contribution in [2.24, 2.45) is 5.41 Å². The van der Waals surface area contributed by atoms with E-state index in [1.807, 2.05) is 38.1 Å². The fraction of sp³-hybridized carbons (Fsp3) is 0.286. The first-order valence-electron chi connectivity index (χ1n) is 8.68. The Labute approximate surface area is 151 Å². The fourth-order valence-electron chi connectivity index (χ4n) is 3.86. The molecule has 1 aliphatic carbocycles. The largest absolute Gasteiger partial charge is 0.372 e. The highest BCUT2D eigenvalue weighted by molar-refractivity contribution is 6.01. The van der Waals surface area contributed by atoms with E-state index in [4.69, 9.17) is 0 Å². The average molecular weight is 354 g/mol. The van der Waals surface area contributed by atoms with Gasteiger partial charge in [0, 0.05) is 29.3 Å². The molecule has 1 aliphatic heterocycles. The van der Waals surface area contributed by atoms with Crippen molar-refractivity contribution in [2.45, 2.75) is 32.7 Å². The molecule has 2 N–H and O–H groups in total. The molecule has 5 heteroatoms. The third-order valence-electron chi connectivity index (χ3n) is 4.99. The zero-order valence-electron chi connectivity index (χ0n) is 14.7. The minimum Gasteiger partial charge on any atom is -0.372 e. The Morgan fingerprint density at radius 1 is 1.04 bits per heavy atom. The van der Waals surface area contributed by atoms with E-state index in [0.29, 0.717) is 18.4 Å². The number of Topliss-reactive ketones (excluding diaryl/α,β-unsaturated/α-hetero) is 1. The summed E-state index contributed by atoms with van der Waals surface area (Å²) in [5.41, 5.74) is 3.05. The highest BCUT2D eigenvalue weighted by Gasteiger charge is 2.39. The minimum atomic E-state index is -0.662. The zero-order valence-corrected chi connectivity index (χ0v) is 14.7. The molecule has 1 atom stereocenters. The molecule has 134 valence electrons. The summed E-state index contributed by atoms with van der Waals surface area (Å²) < 4.78 is 27.9. The standard InChI is InChI=1S/C21H20F2N2O/c1-21(2)10-17-19(18(26)11-21)20(13-8-7-12(22)9-14(13)23)25-16-6-4-3-5-15(16)24-17/h3-9,20,24-25H,10-11H2,1-2H3. The van der Waals surface area contributed by atoms with Crippen LogP contribution < -0.4 is 10.6 Å². The molecule has 1 unspecified atom stereocenters. The second-order valence-corrected chi connectivity index (χ2v) is 7.75. The van der Waals surface area contributed by atoms with Crippen LogP contribution in [0.1, 0.15) is 38.3 Å². The highest BCUT2D eigenvalue weighted by atomic mass is 19.1. The van der Waals surface area contributed by atoms with Gasteiger partial charge in [0.2, 0.25) is 0 Å². The third-order valence-corrected chi connectivity index (χ3v) is 4.99. The average Bonchev–Trinajstić information content (AvgIpc) is 2.69. The molecule has 0 spiro atoms. The number of carbonyl (C=O) groups is 1. The number of hydrogen-bond donors (Lipinski definition) is 2. The lowest BCUT2D eigenvalue weighted by Crippen LogP contribution is -2.31. The lowest BCUT2D eigenvalue weighted by Gasteiger charge is -2.34. The van der Waals surface area contributed by atoms with Crippen molar-refractivity contribution in [3.8, 4) is 0 Å². The van der Waals surface area contributed by atoms with Crippen molar-refractivity contribution in [3.63, 3.8) is 0 Å². The van der Waals surface area contributed by atoms with Gasteiger partial charge in [-0.3, -0.25) is 4.79 Å². The second kappa shape index (κ2) is 5.94. The van der Waals surface area contributed by atoms with Gasteiger partial charge in [-0.2, -0.15) is 0 Å². The first-order valence-corrected chi connectivity index (χ1v) is 8.68. The number of rotatable bonds is 1. The number of fused-ring (bicyclic) bond motifs is 1. The molecule has 0 saturated heterocycles. The summed E-state index contributed by atoms with van der Waals surface area (Å²) in [6.45, 7) is 4.10. The Morgan fingerprint density at radius 2 is 1.77 bits per heavy atom. The molecule has 0 saturated carbocycles. The van der Waals surface area contributed by atoms with E-state index in [1.54, 1.807) is 0 Å². The zero-order chi connectivity index (χ0) is 18.5. The topological polar surface area (TPSA) is 41.1 Å². The van der Waals surface area contributed by atoms with Crippen molar-refractivity contribution >= 4 is 17.2 Å². The van der Waals surface area contributed by atoms with Gasteiger partial charge < -0.3 is 10.6 Å². The molecule has 1 heterocycles. The molecule has 26 heavy (non-hydrogen) atoms. The van der Waals surface area contributed by atoms with Gasteiger partial charge >= 0.3 is 0 Å². The summed E-state index contributed by atoms with van der Waals surface area (Å²) in [5.74, 6) is -1.31. The number of hydrogen-bond acceptors (Lipinski definition) is 3. The molecular weight excluding hydrogens is 334 g/mol. The van der Waals surface area contributed by atoms with Crippen molar-refractivity contribution < 1.29 is 13.6 Å². The Morgan fingerprint density at radius 3 is 2.50 bits per heavy atom. The van der Waals surface area contributed by atoms with Crippen molar-refractivity contribution in [3.05, 3.63) is 70.9 Å². The van der Waals surface area contributed by atoms with Gasteiger partial charge in [-0.25, -0.2) is 8.78 Å². The number of ketones is 1. The van der Waals surface area contributed by atoms with Crippen LogP contribution in [0, 0.1) is 17.0 Å². The van der Waals surface area contributed by atoms with E-state index in [-0.39, 0.29) is 16.8 Å². The van der Waals surface area contributed by atoms with Gasteiger partial charge in [-0.05, 0) is 30.0 Å². The first kappa shape index (κ1) is 16.8. The normalized spacial score (nSPS) is 21.2. The fourth-order valence-corrected chi connectivity index (χ4v) is 3.86. The first-order chi connectivity index (χ1) is 12.3. The van der Waals surface area contributed by atoms with Gasteiger partial charge in [0.25, 0.3) is 0 Å². The Kier molecular flexibility index (Phi) is 3.83.